The number of benzene rings is 1. The minimum atomic E-state index is 0.142. The number of carbonyl (C=O) groups excluding carboxylic acids is 1. The van der Waals surface area contributed by atoms with Gasteiger partial charge in [0.25, 0.3) is 0 Å². The highest BCUT2D eigenvalue weighted by atomic mass is 16.3. The van der Waals surface area contributed by atoms with Gasteiger partial charge < -0.3 is 10.0 Å². The SMILES string of the molecule is CC(CO)CC1CC(=O)N([C@@H](C)c2ccccc2)C1. The maximum atomic E-state index is 12.1. The van der Waals surface area contributed by atoms with Crippen molar-refractivity contribution in [2.75, 3.05) is 13.2 Å². The Morgan fingerprint density at radius 3 is 2.63 bits per heavy atom. The predicted molar refractivity (Wildman–Crippen MR) is 75.5 cm³/mol. The molecule has 19 heavy (non-hydrogen) atoms. The van der Waals surface area contributed by atoms with Crippen LogP contribution in [0.25, 0.3) is 0 Å². The molecule has 1 saturated heterocycles. The van der Waals surface area contributed by atoms with E-state index in [1.54, 1.807) is 0 Å². The second kappa shape index (κ2) is 6.20. The fraction of sp³-hybridized carbons (Fsp3) is 0.562. The first-order valence-electron chi connectivity index (χ1n) is 7.07. The molecule has 1 aromatic carbocycles. The topological polar surface area (TPSA) is 40.5 Å². The van der Waals surface area contributed by atoms with Crippen LogP contribution in [0, 0.1) is 11.8 Å². The summed E-state index contributed by atoms with van der Waals surface area (Å²) >= 11 is 0. The van der Waals surface area contributed by atoms with Gasteiger partial charge >= 0.3 is 0 Å². The first-order chi connectivity index (χ1) is 9.11. The third kappa shape index (κ3) is 3.35. The van der Waals surface area contributed by atoms with Gasteiger partial charge in [-0.05, 0) is 30.7 Å². The molecule has 3 atom stereocenters. The van der Waals surface area contributed by atoms with E-state index in [9.17, 15) is 4.79 Å². The van der Waals surface area contributed by atoms with Gasteiger partial charge in [-0.15, -0.1) is 0 Å². The third-order valence-electron chi connectivity index (χ3n) is 4.04. The number of hydrogen-bond donors (Lipinski definition) is 1. The Morgan fingerprint density at radius 2 is 2.00 bits per heavy atom. The number of carbonyl (C=O) groups is 1. The van der Waals surface area contributed by atoms with Gasteiger partial charge in [-0.2, -0.15) is 0 Å². The summed E-state index contributed by atoms with van der Waals surface area (Å²) in [6.07, 6.45) is 1.56. The monoisotopic (exact) mass is 261 g/mol. The Balaban J connectivity index is 2.00. The Labute approximate surface area is 115 Å². The van der Waals surface area contributed by atoms with Crippen molar-refractivity contribution in [3.8, 4) is 0 Å². The van der Waals surface area contributed by atoms with Crippen LogP contribution < -0.4 is 0 Å². The highest BCUT2D eigenvalue weighted by Gasteiger charge is 2.33. The van der Waals surface area contributed by atoms with E-state index in [2.05, 4.69) is 19.1 Å². The maximum Gasteiger partial charge on any atom is 0.223 e. The van der Waals surface area contributed by atoms with Crippen LogP contribution in [0.2, 0.25) is 0 Å². The van der Waals surface area contributed by atoms with Gasteiger partial charge in [0.2, 0.25) is 5.91 Å². The van der Waals surface area contributed by atoms with Crippen molar-refractivity contribution in [3.63, 3.8) is 0 Å². The largest absolute Gasteiger partial charge is 0.396 e. The van der Waals surface area contributed by atoms with Gasteiger partial charge in [0.15, 0.2) is 0 Å². The summed E-state index contributed by atoms with van der Waals surface area (Å²) in [5.41, 5.74) is 1.19. The van der Waals surface area contributed by atoms with Gasteiger partial charge in [0, 0.05) is 19.6 Å². The average molecular weight is 261 g/mol. The molecule has 1 amide bonds. The van der Waals surface area contributed by atoms with Crippen LogP contribution in [0.3, 0.4) is 0 Å². The van der Waals surface area contributed by atoms with Gasteiger partial charge in [-0.3, -0.25) is 4.79 Å². The molecule has 2 unspecified atom stereocenters. The number of hydrogen-bond acceptors (Lipinski definition) is 2. The molecule has 1 aromatic rings. The zero-order valence-corrected chi connectivity index (χ0v) is 11.7. The van der Waals surface area contributed by atoms with Crippen molar-refractivity contribution in [1.29, 1.82) is 0 Å². The van der Waals surface area contributed by atoms with Crippen molar-refractivity contribution in [3.05, 3.63) is 35.9 Å². The Morgan fingerprint density at radius 1 is 1.32 bits per heavy atom. The molecule has 2 rings (SSSR count). The van der Waals surface area contributed by atoms with Crippen LogP contribution in [-0.2, 0) is 4.79 Å². The van der Waals surface area contributed by atoms with E-state index < -0.39 is 0 Å². The molecule has 1 heterocycles. The van der Waals surface area contributed by atoms with Crippen molar-refractivity contribution in [1.82, 2.24) is 4.90 Å². The highest BCUT2D eigenvalue weighted by Crippen LogP contribution is 2.31. The zero-order valence-electron chi connectivity index (χ0n) is 11.7. The molecule has 1 fully saturated rings. The van der Waals surface area contributed by atoms with Crippen LogP contribution in [0.4, 0.5) is 0 Å². The highest BCUT2D eigenvalue weighted by molar-refractivity contribution is 5.79. The lowest BCUT2D eigenvalue weighted by atomic mass is 9.95. The quantitative estimate of drug-likeness (QED) is 0.885. The van der Waals surface area contributed by atoms with E-state index in [0.29, 0.717) is 12.3 Å². The molecule has 3 heteroatoms. The van der Waals surface area contributed by atoms with Crippen molar-refractivity contribution >= 4 is 5.91 Å². The third-order valence-corrected chi connectivity index (χ3v) is 4.04. The molecule has 0 spiro atoms. The number of likely N-dealkylation sites (tertiary alicyclic amines) is 1. The molecule has 3 nitrogen and oxygen atoms in total. The molecule has 0 bridgehead atoms. The normalized spacial score (nSPS) is 22.6. The minimum absolute atomic E-state index is 0.142. The summed E-state index contributed by atoms with van der Waals surface area (Å²) in [6.45, 7) is 5.15. The lowest BCUT2D eigenvalue weighted by Crippen LogP contribution is -2.28. The van der Waals surface area contributed by atoms with Crippen LogP contribution in [0.15, 0.2) is 30.3 Å². The van der Waals surface area contributed by atoms with Crippen molar-refractivity contribution in [2.45, 2.75) is 32.7 Å². The Bertz CT molecular complexity index is 418. The molecule has 0 aliphatic carbocycles. The van der Waals surface area contributed by atoms with E-state index in [0.717, 1.165) is 13.0 Å². The molecule has 0 aromatic heterocycles. The molecular weight excluding hydrogens is 238 g/mol. The number of aliphatic hydroxyl groups excluding tert-OH is 1. The Kier molecular flexibility index (Phi) is 4.59. The van der Waals surface area contributed by atoms with Gasteiger partial charge in [0.05, 0.1) is 6.04 Å². The maximum absolute atomic E-state index is 12.1. The van der Waals surface area contributed by atoms with Gasteiger partial charge in [-0.25, -0.2) is 0 Å². The molecule has 104 valence electrons. The fourth-order valence-corrected chi connectivity index (χ4v) is 2.90. The first-order valence-corrected chi connectivity index (χ1v) is 7.07. The second-order valence-electron chi connectivity index (χ2n) is 5.73. The van der Waals surface area contributed by atoms with Gasteiger partial charge in [0.1, 0.15) is 0 Å². The van der Waals surface area contributed by atoms with E-state index >= 15 is 0 Å². The van der Waals surface area contributed by atoms with Gasteiger partial charge in [-0.1, -0.05) is 37.3 Å². The summed E-state index contributed by atoms with van der Waals surface area (Å²) in [5, 5.41) is 9.12. The van der Waals surface area contributed by atoms with Crippen LogP contribution in [0.1, 0.15) is 38.3 Å². The lowest BCUT2D eigenvalue weighted by Gasteiger charge is -2.25. The molecule has 0 radical (unpaired) electrons. The summed E-state index contributed by atoms with van der Waals surface area (Å²) in [4.78, 5) is 14.1. The second-order valence-corrected chi connectivity index (χ2v) is 5.73. The number of rotatable bonds is 5. The number of amides is 1. The lowest BCUT2D eigenvalue weighted by molar-refractivity contribution is -0.129. The Hall–Kier alpha value is -1.35. The van der Waals surface area contributed by atoms with Crippen LogP contribution >= 0.6 is 0 Å². The summed E-state index contributed by atoms with van der Waals surface area (Å²) in [7, 11) is 0. The smallest absolute Gasteiger partial charge is 0.223 e. The summed E-state index contributed by atoms with van der Waals surface area (Å²) < 4.78 is 0. The fourth-order valence-electron chi connectivity index (χ4n) is 2.90. The molecule has 1 aliphatic rings. The van der Waals surface area contributed by atoms with Crippen molar-refractivity contribution < 1.29 is 9.90 Å². The van der Waals surface area contributed by atoms with E-state index in [1.807, 2.05) is 30.0 Å². The first kappa shape index (κ1) is 14.1. The average Bonchev–Trinajstić information content (AvgIpc) is 2.79. The van der Waals surface area contributed by atoms with E-state index in [-0.39, 0.29) is 24.5 Å². The van der Waals surface area contributed by atoms with Crippen molar-refractivity contribution in [2.24, 2.45) is 11.8 Å². The van der Waals surface area contributed by atoms with E-state index in [1.165, 1.54) is 5.56 Å². The van der Waals surface area contributed by atoms with E-state index in [4.69, 9.17) is 5.11 Å². The summed E-state index contributed by atoms with van der Waals surface area (Å²) in [6, 6.07) is 10.3. The zero-order chi connectivity index (χ0) is 13.8. The van der Waals surface area contributed by atoms with Crippen LogP contribution in [0.5, 0.6) is 0 Å². The molecule has 1 N–H and O–H groups in total. The summed E-state index contributed by atoms with van der Waals surface area (Å²) in [5.74, 6) is 0.914. The molecular formula is C16H23NO2. The predicted octanol–water partition coefficient (Wildman–Crippen LogP) is 2.61. The minimum Gasteiger partial charge on any atom is -0.396 e. The van der Waals surface area contributed by atoms with Crippen LogP contribution in [-0.4, -0.2) is 29.1 Å². The standard InChI is InChI=1S/C16H23NO2/c1-12(11-18)8-14-9-16(19)17(10-14)13(2)15-6-4-3-5-7-15/h3-7,12-14,18H,8-11H2,1-2H3/t12?,13-,14?/m0/s1. The molecule has 1 aliphatic heterocycles. The number of aliphatic hydroxyl groups is 1. The molecule has 0 saturated carbocycles. The number of nitrogens with zero attached hydrogens (tertiary/aromatic N) is 1.